The van der Waals surface area contributed by atoms with E-state index in [2.05, 4.69) is 27.9 Å². The molecule has 1 saturated heterocycles. The molecule has 19 heavy (non-hydrogen) atoms. The van der Waals surface area contributed by atoms with E-state index < -0.39 is 0 Å². The van der Waals surface area contributed by atoms with Crippen LogP contribution in [0.4, 0.5) is 11.8 Å². The van der Waals surface area contributed by atoms with Gasteiger partial charge in [-0.1, -0.05) is 0 Å². The molecule has 0 bridgehead atoms. The lowest BCUT2D eigenvalue weighted by molar-refractivity contribution is -0.00475. The van der Waals surface area contributed by atoms with Crippen LogP contribution in [0.5, 0.6) is 0 Å². The molecule has 1 aliphatic rings. The van der Waals surface area contributed by atoms with Crippen molar-refractivity contribution < 1.29 is 4.74 Å². The number of rotatable bonds is 2. The lowest BCUT2D eigenvalue weighted by Gasteiger charge is -2.40. The van der Waals surface area contributed by atoms with Crippen LogP contribution in [0.25, 0.3) is 10.2 Å². The lowest BCUT2D eigenvalue weighted by atomic mass is 9.94. The molecule has 6 heteroatoms. The average Bonchev–Trinajstić information content (AvgIpc) is 2.86. The van der Waals surface area contributed by atoms with Crippen molar-refractivity contribution in [3.05, 3.63) is 11.4 Å². The van der Waals surface area contributed by atoms with E-state index in [9.17, 15) is 0 Å². The Bertz CT molecular complexity index is 599. The first kappa shape index (κ1) is 12.6. The standard InChI is InChI=1S/C13H18N4OS/c1-13(18-2)5-3-6-17(8-13)10-9-4-7-19-11(9)16-12(14)15-10/h4,7H,3,5-6,8H2,1-2H3,(H2,14,15,16). The van der Waals surface area contributed by atoms with Crippen LogP contribution in [0.3, 0.4) is 0 Å². The number of thiophene rings is 1. The van der Waals surface area contributed by atoms with E-state index in [-0.39, 0.29) is 5.60 Å². The number of anilines is 2. The third-order valence-corrected chi connectivity index (χ3v) is 4.58. The molecular weight excluding hydrogens is 260 g/mol. The Balaban J connectivity index is 2.01. The van der Waals surface area contributed by atoms with Crippen molar-refractivity contribution in [2.75, 3.05) is 30.8 Å². The van der Waals surface area contributed by atoms with Crippen LogP contribution in [0.2, 0.25) is 0 Å². The maximum Gasteiger partial charge on any atom is 0.223 e. The van der Waals surface area contributed by atoms with Crippen molar-refractivity contribution in [1.29, 1.82) is 0 Å². The minimum atomic E-state index is -0.111. The largest absolute Gasteiger partial charge is 0.377 e. The number of hydrogen-bond donors (Lipinski definition) is 1. The summed E-state index contributed by atoms with van der Waals surface area (Å²) in [4.78, 5) is 11.9. The summed E-state index contributed by atoms with van der Waals surface area (Å²) in [6, 6.07) is 2.06. The van der Waals surface area contributed by atoms with Crippen LogP contribution >= 0.6 is 11.3 Å². The molecule has 1 aliphatic heterocycles. The van der Waals surface area contributed by atoms with Crippen LogP contribution in [0, 0.1) is 0 Å². The molecule has 2 aromatic rings. The van der Waals surface area contributed by atoms with Gasteiger partial charge in [0.2, 0.25) is 5.95 Å². The maximum atomic E-state index is 5.82. The van der Waals surface area contributed by atoms with E-state index in [1.54, 1.807) is 18.4 Å². The Morgan fingerprint density at radius 2 is 2.32 bits per heavy atom. The molecule has 0 spiro atoms. The lowest BCUT2D eigenvalue weighted by Crippen LogP contribution is -2.47. The van der Waals surface area contributed by atoms with Gasteiger partial charge >= 0.3 is 0 Å². The minimum Gasteiger partial charge on any atom is -0.377 e. The number of aromatic nitrogens is 2. The summed E-state index contributed by atoms with van der Waals surface area (Å²) in [6.45, 7) is 3.97. The van der Waals surface area contributed by atoms with Crippen LogP contribution < -0.4 is 10.6 Å². The fourth-order valence-electron chi connectivity index (χ4n) is 2.65. The summed E-state index contributed by atoms with van der Waals surface area (Å²) in [5.41, 5.74) is 5.71. The first-order valence-corrected chi connectivity index (χ1v) is 7.30. The highest BCUT2D eigenvalue weighted by atomic mass is 32.1. The van der Waals surface area contributed by atoms with Gasteiger partial charge in [-0.3, -0.25) is 0 Å². The molecule has 1 unspecified atom stereocenters. The highest BCUT2D eigenvalue weighted by molar-refractivity contribution is 7.16. The second-order valence-electron chi connectivity index (χ2n) is 5.22. The second kappa shape index (κ2) is 4.61. The third kappa shape index (κ3) is 2.26. The molecule has 5 nitrogen and oxygen atoms in total. The molecule has 2 aromatic heterocycles. The molecule has 3 rings (SSSR count). The van der Waals surface area contributed by atoms with E-state index in [1.807, 2.05) is 5.38 Å². The molecule has 2 N–H and O–H groups in total. The van der Waals surface area contributed by atoms with E-state index in [4.69, 9.17) is 10.5 Å². The molecule has 0 radical (unpaired) electrons. The predicted molar refractivity (Wildman–Crippen MR) is 78.7 cm³/mol. The number of ether oxygens (including phenoxy) is 1. The quantitative estimate of drug-likeness (QED) is 0.913. The number of hydrogen-bond acceptors (Lipinski definition) is 6. The van der Waals surface area contributed by atoms with Gasteiger partial charge in [-0.05, 0) is 31.2 Å². The Hall–Kier alpha value is -1.40. The first-order valence-electron chi connectivity index (χ1n) is 6.42. The van der Waals surface area contributed by atoms with Gasteiger partial charge < -0.3 is 15.4 Å². The zero-order chi connectivity index (χ0) is 13.5. The molecule has 1 fully saturated rings. The van der Waals surface area contributed by atoms with Gasteiger partial charge in [0, 0.05) is 20.2 Å². The Morgan fingerprint density at radius 1 is 1.47 bits per heavy atom. The summed E-state index contributed by atoms with van der Waals surface area (Å²) in [5, 5.41) is 3.11. The Morgan fingerprint density at radius 3 is 3.11 bits per heavy atom. The summed E-state index contributed by atoms with van der Waals surface area (Å²) < 4.78 is 5.64. The summed E-state index contributed by atoms with van der Waals surface area (Å²) in [5.74, 6) is 1.28. The van der Waals surface area contributed by atoms with Crippen molar-refractivity contribution in [2.45, 2.75) is 25.4 Å². The minimum absolute atomic E-state index is 0.111. The highest BCUT2D eigenvalue weighted by Crippen LogP contribution is 2.33. The number of piperidine rings is 1. The fraction of sp³-hybridized carbons (Fsp3) is 0.538. The predicted octanol–water partition coefficient (Wildman–Crippen LogP) is 2.28. The topological polar surface area (TPSA) is 64.3 Å². The van der Waals surface area contributed by atoms with E-state index in [1.165, 1.54) is 0 Å². The number of nitrogens with zero attached hydrogens (tertiary/aromatic N) is 3. The summed E-state index contributed by atoms with van der Waals surface area (Å²) in [6.07, 6.45) is 2.17. The molecule has 0 aromatic carbocycles. The average molecular weight is 278 g/mol. The van der Waals surface area contributed by atoms with Crippen LogP contribution in [0.1, 0.15) is 19.8 Å². The van der Waals surface area contributed by atoms with Crippen molar-refractivity contribution in [2.24, 2.45) is 0 Å². The third-order valence-electron chi connectivity index (χ3n) is 3.77. The summed E-state index contributed by atoms with van der Waals surface area (Å²) >= 11 is 1.60. The molecule has 0 saturated carbocycles. The molecule has 0 aliphatic carbocycles. The van der Waals surface area contributed by atoms with Crippen molar-refractivity contribution >= 4 is 33.3 Å². The van der Waals surface area contributed by atoms with Crippen molar-refractivity contribution in [3.63, 3.8) is 0 Å². The van der Waals surface area contributed by atoms with E-state index in [0.717, 1.165) is 42.0 Å². The monoisotopic (exact) mass is 278 g/mol. The van der Waals surface area contributed by atoms with Gasteiger partial charge in [0.15, 0.2) is 0 Å². The second-order valence-corrected chi connectivity index (χ2v) is 6.12. The number of nitrogens with two attached hydrogens (primary N) is 1. The molecule has 3 heterocycles. The van der Waals surface area contributed by atoms with Gasteiger partial charge in [-0.2, -0.15) is 4.98 Å². The van der Waals surface area contributed by atoms with Crippen LogP contribution in [0.15, 0.2) is 11.4 Å². The summed E-state index contributed by atoms with van der Waals surface area (Å²) in [7, 11) is 1.78. The SMILES string of the molecule is COC1(C)CCCN(c2nc(N)nc3sccc23)C1. The first-order chi connectivity index (χ1) is 9.11. The van der Waals surface area contributed by atoms with Crippen molar-refractivity contribution in [1.82, 2.24) is 9.97 Å². The van der Waals surface area contributed by atoms with E-state index in [0.29, 0.717) is 5.95 Å². The highest BCUT2D eigenvalue weighted by Gasteiger charge is 2.32. The van der Waals surface area contributed by atoms with E-state index >= 15 is 0 Å². The number of nitrogen functional groups attached to an aromatic ring is 1. The Labute approximate surface area is 116 Å². The van der Waals surface area contributed by atoms with Gasteiger partial charge in [0.05, 0.1) is 11.0 Å². The van der Waals surface area contributed by atoms with Gasteiger partial charge in [-0.15, -0.1) is 11.3 Å². The normalized spacial score (nSPS) is 24.0. The van der Waals surface area contributed by atoms with Gasteiger partial charge in [-0.25, -0.2) is 4.98 Å². The van der Waals surface area contributed by atoms with Gasteiger partial charge in [0.1, 0.15) is 10.6 Å². The van der Waals surface area contributed by atoms with Crippen LogP contribution in [-0.4, -0.2) is 35.8 Å². The number of fused-ring (bicyclic) bond motifs is 1. The zero-order valence-electron chi connectivity index (χ0n) is 11.2. The Kier molecular flexibility index (Phi) is 3.06. The van der Waals surface area contributed by atoms with Crippen LogP contribution in [-0.2, 0) is 4.74 Å². The molecular formula is C13H18N4OS. The smallest absolute Gasteiger partial charge is 0.223 e. The van der Waals surface area contributed by atoms with Gasteiger partial charge in [0.25, 0.3) is 0 Å². The number of methoxy groups -OCH3 is 1. The maximum absolute atomic E-state index is 5.82. The molecule has 0 amide bonds. The molecule has 102 valence electrons. The fourth-order valence-corrected chi connectivity index (χ4v) is 3.42. The van der Waals surface area contributed by atoms with Crippen molar-refractivity contribution in [3.8, 4) is 0 Å². The molecule has 1 atom stereocenters. The zero-order valence-corrected chi connectivity index (χ0v) is 12.0.